The molecule has 1 aliphatic rings. The van der Waals surface area contributed by atoms with Crippen LogP contribution in [0.1, 0.15) is 52.9 Å². The van der Waals surface area contributed by atoms with Gasteiger partial charge in [0, 0.05) is 0 Å². The van der Waals surface area contributed by atoms with Gasteiger partial charge in [-0.3, -0.25) is 0 Å². The molecule has 0 radical (unpaired) electrons. The SMILES string of the molecule is CNC(C)(C#N)CCCN1CCCC(C(C)C)CC1. The molecular formula is C16H31N3. The number of nitrogens with one attached hydrogen (secondary N) is 1. The second-order valence-corrected chi connectivity index (χ2v) is 6.57. The van der Waals surface area contributed by atoms with Gasteiger partial charge in [0.2, 0.25) is 0 Å². The second kappa shape index (κ2) is 7.87. The summed E-state index contributed by atoms with van der Waals surface area (Å²) >= 11 is 0. The van der Waals surface area contributed by atoms with Gasteiger partial charge in [-0.1, -0.05) is 13.8 Å². The second-order valence-electron chi connectivity index (χ2n) is 6.57. The minimum absolute atomic E-state index is 0.355. The van der Waals surface area contributed by atoms with Crippen LogP contribution in [-0.4, -0.2) is 37.1 Å². The largest absolute Gasteiger partial charge is 0.303 e. The summed E-state index contributed by atoms with van der Waals surface area (Å²) in [6, 6.07) is 2.37. The molecule has 0 aromatic heterocycles. The van der Waals surface area contributed by atoms with Crippen LogP contribution in [-0.2, 0) is 0 Å². The van der Waals surface area contributed by atoms with Gasteiger partial charge in [-0.2, -0.15) is 5.26 Å². The molecule has 0 aliphatic carbocycles. The monoisotopic (exact) mass is 265 g/mol. The fraction of sp³-hybridized carbons (Fsp3) is 0.938. The van der Waals surface area contributed by atoms with Crippen molar-refractivity contribution in [3.63, 3.8) is 0 Å². The molecule has 1 heterocycles. The maximum atomic E-state index is 9.14. The molecule has 0 spiro atoms. The minimum Gasteiger partial charge on any atom is -0.303 e. The molecular weight excluding hydrogens is 234 g/mol. The molecule has 1 rings (SSSR count). The van der Waals surface area contributed by atoms with Gasteiger partial charge < -0.3 is 10.2 Å². The molecule has 0 bridgehead atoms. The van der Waals surface area contributed by atoms with E-state index in [9.17, 15) is 0 Å². The van der Waals surface area contributed by atoms with E-state index in [1.807, 2.05) is 14.0 Å². The third kappa shape index (κ3) is 5.50. The van der Waals surface area contributed by atoms with Crippen LogP contribution in [0.5, 0.6) is 0 Å². The lowest BCUT2D eigenvalue weighted by molar-refractivity contribution is 0.258. The maximum absolute atomic E-state index is 9.14. The summed E-state index contributed by atoms with van der Waals surface area (Å²) in [7, 11) is 1.88. The van der Waals surface area contributed by atoms with Crippen molar-refractivity contribution >= 4 is 0 Å². The summed E-state index contributed by atoms with van der Waals surface area (Å²) in [6.45, 7) is 10.3. The van der Waals surface area contributed by atoms with Crippen molar-refractivity contribution in [2.24, 2.45) is 11.8 Å². The van der Waals surface area contributed by atoms with E-state index in [4.69, 9.17) is 5.26 Å². The Morgan fingerprint density at radius 2 is 2.11 bits per heavy atom. The minimum atomic E-state index is -0.355. The molecule has 1 saturated heterocycles. The van der Waals surface area contributed by atoms with Crippen LogP contribution in [0.3, 0.4) is 0 Å². The Morgan fingerprint density at radius 1 is 1.37 bits per heavy atom. The molecule has 19 heavy (non-hydrogen) atoms. The van der Waals surface area contributed by atoms with Gasteiger partial charge in [-0.25, -0.2) is 0 Å². The van der Waals surface area contributed by atoms with Gasteiger partial charge in [0.1, 0.15) is 5.54 Å². The van der Waals surface area contributed by atoms with E-state index in [1.165, 1.54) is 32.4 Å². The molecule has 1 fully saturated rings. The molecule has 0 amide bonds. The van der Waals surface area contributed by atoms with Crippen LogP contribution < -0.4 is 5.32 Å². The topological polar surface area (TPSA) is 39.1 Å². The van der Waals surface area contributed by atoms with Gasteiger partial charge in [-0.15, -0.1) is 0 Å². The molecule has 0 aromatic carbocycles. The lowest BCUT2D eigenvalue weighted by Gasteiger charge is -2.24. The van der Waals surface area contributed by atoms with Crippen LogP contribution in [0.15, 0.2) is 0 Å². The fourth-order valence-electron chi connectivity index (χ4n) is 2.96. The first-order valence-corrected chi connectivity index (χ1v) is 7.83. The van der Waals surface area contributed by atoms with E-state index in [0.717, 1.165) is 31.2 Å². The van der Waals surface area contributed by atoms with Crippen molar-refractivity contribution in [2.75, 3.05) is 26.7 Å². The van der Waals surface area contributed by atoms with E-state index < -0.39 is 0 Å². The quantitative estimate of drug-likeness (QED) is 0.802. The lowest BCUT2D eigenvalue weighted by Crippen LogP contribution is -2.39. The predicted octanol–water partition coefficient (Wildman–Crippen LogP) is 3.03. The molecule has 110 valence electrons. The van der Waals surface area contributed by atoms with E-state index in [-0.39, 0.29) is 5.54 Å². The zero-order chi connectivity index (χ0) is 14.3. The highest BCUT2D eigenvalue weighted by molar-refractivity contribution is 5.02. The van der Waals surface area contributed by atoms with Crippen LogP contribution in [0.2, 0.25) is 0 Å². The molecule has 2 unspecified atom stereocenters. The average Bonchev–Trinajstić information content (AvgIpc) is 2.64. The summed E-state index contributed by atoms with van der Waals surface area (Å²) in [5, 5.41) is 12.3. The van der Waals surface area contributed by atoms with Crippen LogP contribution >= 0.6 is 0 Å². The Balaban J connectivity index is 2.29. The van der Waals surface area contributed by atoms with Crippen molar-refractivity contribution in [1.82, 2.24) is 10.2 Å². The Bertz CT molecular complexity index is 295. The summed E-state index contributed by atoms with van der Waals surface area (Å²) < 4.78 is 0. The Morgan fingerprint density at radius 3 is 2.68 bits per heavy atom. The number of likely N-dealkylation sites (tertiary alicyclic amines) is 1. The molecule has 0 aromatic rings. The number of hydrogen-bond acceptors (Lipinski definition) is 3. The number of hydrogen-bond donors (Lipinski definition) is 1. The van der Waals surface area contributed by atoms with E-state index in [1.54, 1.807) is 0 Å². The summed E-state index contributed by atoms with van der Waals surface area (Å²) in [5.74, 6) is 1.73. The molecule has 1 aliphatic heterocycles. The molecule has 1 N–H and O–H groups in total. The van der Waals surface area contributed by atoms with Crippen molar-refractivity contribution in [3.8, 4) is 6.07 Å². The molecule has 0 saturated carbocycles. The van der Waals surface area contributed by atoms with E-state index >= 15 is 0 Å². The summed E-state index contributed by atoms with van der Waals surface area (Å²) in [6.07, 6.45) is 6.12. The predicted molar refractivity (Wildman–Crippen MR) is 80.9 cm³/mol. The van der Waals surface area contributed by atoms with Gasteiger partial charge in [-0.05, 0) is 77.5 Å². The highest BCUT2D eigenvalue weighted by Gasteiger charge is 2.22. The zero-order valence-corrected chi connectivity index (χ0v) is 13.2. The highest BCUT2D eigenvalue weighted by Crippen LogP contribution is 2.24. The highest BCUT2D eigenvalue weighted by atomic mass is 15.1. The lowest BCUT2D eigenvalue weighted by atomic mass is 9.89. The van der Waals surface area contributed by atoms with Gasteiger partial charge >= 0.3 is 0 Å². The summed E-state index contributed by atoms with van der Waals surface area (Å²) in [4.78, 5) is 2.59. The molecule has 3 heteroatoms. The first-order valence-electron chi connectivity index (χ1n) is 7.83. The fourth-order valence-corrected chi connectivity index (χ4v) is 2.96. The first-order chi connectivity index (χ1) is 9.00. The van der Waals surface area contributed by atoms with Crippen molar-refractivity contribution < 1.29 is 0 Å². The Kier molecular flexibility index (Phi) is 6.82. The Hall–Kier alpha value is -0.590. The standard InChI is InChI=1S/C16H31N3/c1-14(2)15-7-5-10-19(12-8-15)11-6-9-16(3,13-17)18-4/h14-15,18H,5-12H2,1-4H3. The third-order valence-corrected chi connectivity index (χ3v) is 4.76. The van der Waals surface area contributed by atoms with Gasteiger partial charge in [0.15, 0.2) is 0 Å². The van der Waals surface area contributed by atoms with Gasteiger partial charge in [0.05, 0.1) is 6.07 Å². The van der Waals surface area contributed by atoms with Crippen LogP contribution in [0.4, 0.5) is 0 Å². The Labute approximate surface area is 119 Å². The van der Waals surface area contributed by atoms with Crippen molar-refractivity contribution in [1.29, 1.82) is 5.26 Å². The van der Waals surface area contributed by atoms with Crippen molar-refractivity contribution in [2.45, 2.75) is 58.4 Å². The van der Waals surface area contributed by atoms with Crippen LogP contribution in [0.25, 0.3) is 0 Å². The number of rotatable bonds is 6. The van der Waals surface area contributed by atoms with Crippen molar-refractivity contribution in [3.05, 3.63) is 0 Å². The molecule has 3 nitrogen and oxygen atoms in total. The maximum Gasteiger partial charge on any atom is 0.103 e. The van der Waals surface area contributed by atoms with E-state index in [2.05, 4.69) is 30.1 Å². The normalized spacial score (nSPS) is 24.7. The molecule has 2 atom stereocenters. The number of nitriles is 1. The summed E-state index contributed by atoms with van der Waals surface area (Å²) in [5.41, 5.74) is -0.355. The third-order valence-electron chi connectivity index (χ3n) is 4.76. The smallest absolute Gasteiger partial charge is 0.103 e. The van der Waals surface area contributed by atoms with E-state index in [0.29, 0.717) is 0 Å². The first kappa shape index (κ1) is 16.5. The number of nitrogens with zero attached hydrogens (tertiary/aromatic N) is 2. The van der Waals surface area contributed by atoms with Gasteiger partial charge in [0.25, 0.3) is 0 Å². The zero-order valence-electron chi connectivity index (χ0n) is 13.2. The average molecular weight is 265 g/mol. The van der Waals surface area contributed by atoms with Crippen LogP contribution in [0, 0.1) is 23.2 Å².